The van der Waals surface area contributed by atoms with Crippen LogP contribution in [0.3, 0.4) is 0 Å². The number of thioether (sulfide) groups is 2. The van der Waals surface area contributed by atoms with Gasteiger partial charge < -0.3 is 28.4 Å². The van der Waals surface area contributed by atoms with Gasteiger partial charge in [-0.25, -0.2) is 14.4 Å². The molecule has 0 radical (unpaired) electrons. The Morgan fingerprint density at radius 1 is 0.950 bits per heavy atom. The van der Waals surface area contributed by atoms with Gasteiger partial charge in [0.2, 0.25) is 6.10 Å². The van der Waals surface area contributed by atoms with Gasteiger partial charge in [-0.2, -0.15) is 0 Å². The Balaban J connectivity index is 1.50. The number of halogens is 2. The maximum Gasteiger partial charge on any atom is 0.354 e. The van der Waals surface area contributed by atoms with Gasteiger partial charge in [0.15, 0.2) is 11.5 Å². The second-order valence-electron chi connectivity index (χ2n) is 8.44. The molecule has 2 aliphatic heterocycles. The molecule has 0 bridgehead atoms. The maximum atomic E-state index is 13.6. The van der Waals surface area contributed by atoms with E-state index in [-0.39, 0.29) is 23.8 Å². The summed E-state index contributed by atoms with van der Waals surface area (Å²) in [5, 5.41) is -1.49. The highest BCUT2D eigenvalue weighted by Crippen LogP contribution is 2.41. The highest BCUT2D eigenvalue weighted by Gasteiger charge is 2.55. The fourth-order valence-electron chi connectivity index (χ4n) is 3.77. The monoisotopic (exact) mass is 674 g/mol. The minimum atomic E-state index is -1.68. The molecule has 2 heterocycles. The Kier molecular flexibility index (Phi) is 10.4. The van der Waals surface area contributed by atoms with E-state index in [4.69, 9.17) is 40.0 Å². The highest BCUT2D eigenvalue weighted by molar-refractivity contribution is 9.10. The van der Waals surface area contributed by atoms with Gasteiger partial charge in [-0.1, -0.05) is 51.4 Å². The molecular weight excluding hydrogens is 652 g/mol. The van der Waals surface area contributed by atoms with Crippen molar-refractivity contribution >= 4 is 74.9 Å². The number of carbonyl (C=O) groups excluding carboxylic acids is 4. The lowest BCUT2D eigenvalue weighted by atomic mass is 10.2. The van der Waals surface area contributed by atoms with Crippen LogP contribution in [0.4, 0.5) is 0 Å². The molecule has 3 atom stereocenters. The smallest absolute Gasteiger partial charge is 0.354 e. The van der Waals surface area contributed by atoms with Crippen molar-refractivity contribution in [3.8, 4) is 0 Å². The van der Waals surface area contributed by atoms with Crippen LogP contribution < -0.4 is 0 Å². The van der Waals surface area contributed by atoms with E-state index in [0.717, 1.165) is 34.9 Å². The molecule has 0 N–H and O–H groups in total. The molecule has 214 valence electrons. The van der Waals surface area contributed by atoms with Crippen LogP contribution >= 0.6 is 51.1 Å². The fourth-order valence-corrected chi connectivity index (χ4v) is 6.29. The molecule has 2 aliphatic rings. The van der Waals surface area contributed by atoms with Gasteiger partial charge in [-0.05, 0) is 36.4 Å². The molecule has 40 heavy (non-hydrogen) atoms. The first kappa shape index (κ1) is 30.7. The Bertz CT molecular complexity index is 1250. The van der Waals surface area contributed by atoms with Gasteiger partial charge >= 0.3 is 23.9 Å². The molecule has 2 aromatic carbocycles. The number of carbonyl (C=O) groups is 4. The number of benzene rings is 2. The molecule has 3 unspecified atom stereocenters. The van der Waals surface area contributed by atoms with Crippen molar-refractivity contribution < 1.29 is 47.6 Å². The normalized spacial score (nSPS) is 22.8. The van der Waals surface area contributed by atoms with Crippen molar-refractivity contribution in [3.63, 3.8) is 0 Å². The summed E-state index contributed by atoms with van der Waals surface area (Å²) in [6.45, 7) is 0.667. The summed E-state index contributed by atoms with van der Waals surface area (Å²) in [6, 6.07) is 12.8. The van der Waals surface area contributed by atoms with E-state index < -0.39 is 53.2 Å². The number of ether oxygens (including phenoxy) is 6. The minimum Gasteiger partial charge on any atom is -0.458 e. The van der Waals surface area contributed by atoms with Crippen LogP contribution in [0.5, 0.6) is 0 Å². The zero-order chi connectivity index (χ0) is 28.8. The molecule has 4 rings (SSSR count). The van der Waals surface area contributed by atoms with Crippen LogP contribution in [0.25, 0.3) is 0 Å². The summed E-state index contributed by atoms with van der Waals surface area (Å²) in [5.74, 6) is -2.32. The van der Waals surface area contributed by atoms with Gasteiger partial charge in [-0.3, -0.25) is 4.79 Å². The minimum absolute atomic E-state index is 0.122. The van der Waals surface area contributed by atoms with E-state index in [0.29, 0.717) is 17.1 Å². The summed E-state index contributed by atoms with van der Waals surface area (Å²) in [6.07, 6.45) is -1.64. The van der Waals surface area contributed by atoms with Crippen LogP contribution in [0, 0.1) is 0 Å². The standard InChI is InChI=1S/C26H24BrClO10S2/c1-16(29)37-21(25(35-10-12-39-25)14-33-23(31)19-4-2-3-5-20(19)28)24(32)38-26(36-11-13-40-26)15-34-22(30)17-6-8-18(27)9-7-17/h2-9,21H,10-15H2,1H3. The zero-order valence-corrected chi connectivity index (χ0v) is 25.1. The van der Waals surface area contributed by atoms with E-state index in [1.54, 1.807) is 36.4 Å². The van der Waals surface area contributed by atoms with Crippen molar-refractivity contribution in [1.82, 2.24) is 0 Å². The Hall–Kier alpha value is -2.29. The molecule has 0 saturated carbocycles. The first-order chi connectivity index (χ1) is 19.1. The topological polar surface area (TPSA) is 124 Å². The van der Waals surface area contributed by atoms with Crippen LogP contribution in [0.1, 0.15) is 27.6 Å². The third-order valence-corrected chi connectivity index (χ3v) is 8.91. The fraction of sp³-hybridized carbons (Fsp3) is 0.385. The average Bonchev–Trinajstić information content (AvgIpc) is 3.60. The predicted octanol–water partition coefficient (Wildman–Crippen LogP) is 4.47. The van der Waals surface area contributed by atoms with Crippen molar-refractivity contribution in [2.75, 3.05) is 37.9 Å². The Labute approximate surface area is 251 Å². The summed E-state index contributed by atoms with van der Waals surface area (Å²) in [4.78, 5) is 49.3. The van der Waals surface area contributed by atoms with Crippen LogP contribution in [0.2, 0.25) is 5.02 Å². The van der Waals surface area contributed by atoms with Crippen LogP contribution in [0.15, 0.2) is 53.0 Å². The van der Waals surface area contributed by atoms with Crippen molar-refractivity contribution in [2.45, 2.75) is 23.1 Å². The highest BCUT2D eigenvalue weighted by atomic mass is 79.9. The molecule has 2 saturated heterocycles. The summed E-state index contributed by atoms with van der Waals surface area (Å²) >= 11 is 11.7. The third-order valence-electron chi connectivity index (χ3n) is 5.62. The Morgan fingerprint density at radius 2 is 1.62 bits per heavy atom. The second kappa shape index (κ2) is 13.6. The number of esters is 4. The lowest BCUT2D eigenvalue weighted by Gasteiger charge is -2.35. The summed E-state index contributed by atoms with van der Waals surface area (Å²) in [7, 11) is 0. The molecule has 0 spiro atoms. The van der Waals surface area contributed by atoms with E-state index in [9.17, 15) is 19.2 Å². The number of rotatable bonds is 10. The molecule has 0 aromatic heterocycles. The largest absolute Gasteiger partial charge is 0.458 e. The summed E-state index contributed by atoms with van der Waals surface area (Å²) < 4.78 is 34.3. The summed E-state index contributed by atoms with van der Waals surface area (Å²) in [5.41, 5.74) is 0.414. The van der Waals surface area contributed by atoms with E-state index >= 15 is 0 Å². The van der Waals surface area contributed by atoms with E-state index in [1.807, 2.05) is 0 Å². The predicted molar refractivity (Wildman–Crippen MR) is 150 cm³/mol. The number of hydrogen-bond acceptors (Lipinski definition) is 12. The average molecular weight is 676 g/mol. The zero-order valence-electron chi connectivity index (χ0n) is 21.1. The van der Waals surface area contributed by atoms with Gasteiger partial charge in [0.1, 0.15) is 6.61 Å². The van der Waals surface area contributed by atoms with Crippen molar-refractivity contribution in [1.29, 1.82) is 0 Å². The van der Waals surface area contributed by atoms with Crippen LogP contribution in [-0.2, 0) is 38.0 Å². The quantitative estimate of drug-likeness (QED) is 0.261. The van der Waals surface area contributed by atoms with Gasteiger partial charge in [0, 0.05) is 22.9 Å². The SMILES string of the molecule is CC(=O)OC(C(=O)OC1(COC(=O)c2ccc(Br)cc2)OCCS1)C1(COC(=O)c2ccccc2Cl)OCCS1. The molecule has 2 aromatic rings. The molecule has 10 nitrogen and oxygen atoms in total. The molecule has 0 aliphatic carbocycles. The van der Waals surface area contributed by atoms with Crippen molar-refractivity contribution in [3.05, 3.63) is 69.2 Å². The van der Waals surface area contributed by atoms with E-state index in [1.165, 1.54) is 12.1 Å². The van der Waals surface area contributed by atoms with Gasteiger partial charge in [0.05, 0.1) is 29.4 Å². The maximum absolute atomic E-state index is 13.6. The first-order valence-corrected chi connectivity index (χ1v) is 15.1. The van der Waals surface area contributed by atoms with Gasteiger partial charge in [-0.15, -0.1) is 11.8 Å². The van der Waals surface area contributed by atoms with E-state index in [2.05, 4.69) is 15.9 Å². The molecule has 0 amide bonds. The molecular formula is C26H24BrClO10S2. The second-order valence-corrected chi connectivity index (χ2v) is 12.5. The lowest BCUT2D eigenvalue weighted by Crippen LogP contribution is -2.53. The Morgan fingerprint density at radius 3 is 2.25 bits per heavy atom. The molecule has 2 fully saturated rings. The van der Waals surface area contributed by atoms with Crippen molar-refractivity contribution in [2.24, 2.45) is 0 Å². The lowest BCUT2D eigenvalue weighted by molar-refractivity contribution is -0.216. The van der Waals surface area contributed by atoms with Gasteiger partial charge in [0.25, 0.3) is 5.12 Å². The van der Waals surface area contributed by atoms with Crippen LogP contribution in [-0.4, -0.2) is 78.0 Å². The number of hydrogen-bond donors (Lipinski definition) is 0. The molecule has 14 heteroatoms. The third kappa shape index (κ3) is 7.51. The first-order valence-electron chi connectivity index (χ1n) is 11.9.